The zero-order valence-corrected chi connectivity index (χ0v) is 12.4. The summed E-state index contributed by atoms with van der Waals surface area (Å²) in [7, 11) is 0. The molecule has 0 unspecified atom stereocenters. The minimum Gasteiger partial charge on any atom is -0.543 e. The van der Waals surface area contributed by atoms with Gasteiger partial charge in [-0.05, 0) is 44.2 Å². The molecule has 1 aliphatic heterocycles. The van der Waals surface area contributed by atoms with Crippen LogP contribution in [0.2, 0.25) is 0 Å². The number of likely N-dealkylation sites (tertiary alicyclic amines) is 1. The van der Waals surface area contributed by atoms with Crippen LogP contribution in [0.15, 0.2) is 18.3 Å². The summed E-state index contributed by atoms with van der Waals surface area (Å²) < 4.78 is 1.92. The molecule has 1 saturated heterocycles. The highest BCUT2D eigenvalue weighted by Gasteiger charge is 2.20. The predicted molar refractivity (Wildman–Crippen MR) is 77.1 cm³/mol. The van der Waals surface area contributed by atoms with E-state index < -0.39 is 5.97 Å². The quantitative estimate of drug-likeness (QED) is 0.862. The lowest BCUT2D eigenvalue weighted by Crippen LogP contribution is -3.10. The largest absolute Gasteiger partial charge is 0.543 e. The summed E-state index contributed by atoms with van der Waals surface area (Å²) in [6.45, 7) is 4.86. The first-order valence-electron chi connectivity index (χ1n) is 7.68. The molecule has 0 bridgehead atoms. The summed E-state index contributed by atoms with van der Waals surface area (Å²) in [5.41, 5.74) is 2.57. The van der Waals surface area contributed by atoms with Gasteiger partial charge in [-0.3, -0.25) is 4.40 Å². The second-order valence-electron chi connectivity index (χ2n) is 5.92. The molecule has 1 fully saturated rings. The highest BCUT2D eigenvalue weighted by atomic mass is 16.4. The Morgan fingerprint density at radius 3 is 2.71 bits per heavy atom. The number of carboxylic acid groups (broad SMARTS) is 1. The normalized spacial score (nSPS) is 17.0. The van der Waals surface area contributed by atoms with Crippen molar-refractivity contribution < 1.29 is 14.8 Å². The first kappa shape index (κ1) is 14.1. The first-order valence-corrected chi connectivity index (χ1v) is 7.68. The minimum absolute atomic E-state index is 0.0982. The molecule has 0 amide bonds. The second-order valence-corrected chi connectivity index (χ2v) is 5.92. The third-order valence-corrected chi connectivity index (χ3v) is 4.37. The van der Waals surface area contributed by atoms with Crippen molar-refractivity contribution in [1.29, 1.82) is 0 Å². The summed E-state index contributed by atoms with van der Waals surface area (Å²) >= 11 is 0. The molecule has 0 radical (unpaired) electrons. The fourth-order valence-corrected chi connectivity index (χ4v) is 3.23. The number of hydrogen-bond donors (Lipinski definition) is 1. The maximum absolute atomic E-state index is 11.4. The van der Waals surface area contributed by atoms with Gasteiger partial charge in [-0.15, -0.1) is 0 Å². The Kier molecular flexibility index (Phi) is 3.92. The summed E-state index contributed by atoms with van der Waals surface area (Å²) in [6, 6.07) is 3.88. The van der Waals surface area contributed by atoms with Crippen LogP contribution >= 0.6 is 0 Å². The lowest BCUT2D eigenvalue weighted by molar-refractivity contribution is -0.913. The SMILES string of the molecule is Cc1cccn2c(C[NH+]3CCCCCC3)c(C(=O)[O-])nc12. The highest BCUT2D eigenvalue weighted by molar-refractivity contribution is 5.86. The molecule has 3 rings (SSSR count). The molecular formula is C16H21N3O2. The topological polar surface area (TPSA) is 61.9 Å². The average molecular weight is 287 g/mol. The number of nitrogens with zero attached hydrogens (tertiary/aromatic N) is 2. The number of quaternary nitrogens is 1. The van der Waals surface area contributed by atoms with Crippen molar-refractivity contribution in [2.45, 2.75) is 39.2 Å². The molecule has 5 nitrogen and oxygen atoms in total. The van der Waals surface area contributed by atoms with Gasteiger partial charge in [0.2, 0.25) is 0 Å². The lowest BCUT2D eigenvalue weighted by atomic mass is 10.2. The molecule has 1 N–H and O–H groups in total. The van der Waals surface area contributed by atoms with Gasteiger partial charge in [0.05, 0.1) is 19.1 Å². The third kappa shape index (κ3) is 2.78. The maximum atomic E-state index is 11.4. The molecule has 0 saturated carbocycles. The van der Waals surface area contributed by atoms with Gasteiger partial charge in [-0.2, -0.15) is 0 Å². The molecule has 3 heterocycles. The minimum atomic E-state index is -1.18. The van der Waals surface area contributed by atoms with Crippen molar-refractivity contribution in [3.05, 3.63) is 35.3 Å². The molecular weight excluding hydrogens is 266 g/mol. The molecule has 0 aliphatic carbocycles. The van der Waals surface area contributed by atoms with Gasteiger partial charge < -0.3 is 14.8 Å². The number of aromatic carboxylic acids is 1. The van der Waals surface area contributed by atoms with Crippen molar-refractivity contribution in [2.75, 3.05) is 13.1 Å². The number of carbonyl (C=O) groups is 1. The van der Waals surface area contributed by atoms with Gasteiger partial charge in [0.15, 0.2) is 0 Å². The molecule has 2 aromatic rings. The first-order chi connectivity index (χ1) is 10.2. The fourth-order valence-electron chi connectivity index (χ4n) is 3.23. The zero-order valence-electron chi connectivity index (χ0n) is 12.4. The summed E-state index contributed by atoms with van der Waals surface area (Å²) in [5, 5.41) is 11.4. The van der Waals surface area contributed by atoms with Crippen LogP contribution in [0.5, 0.6) is 0 Å². The van der Waals surface area contributed by atoms with E-state index in [1.165, 1.54) is 30.6 Å². The number of hydrogen-bond acceptors (Lipinski definition) is 3. The van der Waals surface area contributed by atoms with Crippen molar-refractivity contribution >= 4 is 11.6 Å². The van der Waals surface area contributed by atoms with Crippen LogP contribution in [0.4, 0.5) is 0 Å². The van der Waals surface area contributed by atoms with E-state index in [9.17, 15) is 9.90 Å². The Hall–Kier alpha value is -1.88. The number of carbonyl (C=O) groups excluding carboxylic acids is 1. The Morgan fingerprint density at radius 2 is 2.05 bits per heavy atom. The van der Waals surface area contributed by atoms with E-state index in [0.29, 0.717) is 6.54 Å². The van der Waals surface area contributed by atoms with Gasteiger partial charge in [0.25, 0.3) is 0 Å². The molecule has 0 atom stereocenters. The van der Waals surface area contributed by atoms with Gasteiger partial charge >= 0.3 is 0 Å². The van der Waals surface area contributed by atoms with Crippen molar-refractivity contribution in [3.8, 4) is 0 Å². The molecule has 0 spiro atoms. The Labute approximate surface area is 124 Å². The summed E-state index contributed by atoms with van der Waals surface area (Å²) in [5.74, 6) is -1.18. The van der Waals surface area contributed by atoms with E-state index in [0.717, 1.165) is 30.0 Å². The number of nitrogens with one attached hydrogen (secondary N) is 1. The van der Waals surface area contributed by atoms with Crippen molar-refractivity contribution in [2.24, 2.45) is 0 Å². The molecule has 21 heavy (non-hydrogen) atoms. The van der Waals surface area contributed by atoms with Crippen LogP contribution in [0.1, 0.15) is 47.4 Å². The molecule has 0 aromatic carbocycles. The smallest absolute Gasteiger partial charge is 0.140 e. The second kappa shape index (κ2) is 5.85. The van der Waals surface area contributed by atoms with Gasteiger partial charge in [-0.25, -0.2) is 4.98 Å². The molecule has 5 heteroatoms. The predicted octanol–water partition coefficient (Wildman–Crippen LogP) is -0.0349. The number of imidazole rings is 1. The van der Waals surface area contributed by atoms with Crippen LogP contribution in [0, 0.1) is 6.92 Å². The Bertz CT molecular complexity index is 655. The van der Waals surface area contributed by atoms with Gasteiger partial charge in [0, 0.05) is 6.20 Å². The van der Waals surface area contributed by atoms with E-state index in [1.54, 1.807) is 0 Å². The van der Waals surface area contributed by atoms with Crippen LogP contribution in [0.25, 0.3) is 5.65 Å². The number of aromatic nitrogens is 2. The molecule has 112 valence electrons. The number of fused-ring (bicyclic) bond motifs is 1. The van der Waals surface area contributed by atoms with E-state index in [-0.39, 0.29) is 5.69 Å². The van der Waals surface area contributed by atoms with Crippen LogP contribution in [-0.2, 0) is 6.54 Å². The van der Waals surface area contributed by atoms with Crippen LogP contribution < -0.4 is 10.0 Å². The zero-order chi connectivity index (χ0) is 14.8. The summed E-state index contributed by atoms with van der Waals surface area (Å²) in [4.78, 5) is 17.1. The van der Waals surface area contributed by atoms with E-state index in [2.05, 4.69) is 4.98 Å². The van der Waals surface area contributed by atoms with Gasteiger partial charge in [-0.1, -0.05) is 6.07 Å². The molecule has 1 aliphatic rings. The van der Waals surface area contributed by atoms with E-state index in [4.69, 9.17) is 0 Å². The maximum Gasteiger partial charge on any atom is 0.140 e. The third-order valence-electron chi connectivity index (χ3n) is 4.37. The number of carboxylic acids is 1. The number of aryl methyl sites for hydroxylation is 1. The fraction of sp³-hybridized carbons (Fsp3) is 0.500. The van der Waals surface area contributed by atoms with Gasteiger partial charge in [0.1, 0.15) is 23.6 Å². The van der Waals surface area contributed by atoms with E-state index in [1.807, 2.05) is 29.7 Å². The Balaban J connectivity index is 2.00. The van der Waals surface area contributed by atoms with Crippen molar-refractivity contribution in [3.63, 3.8) is 0 Å². The molecule has 2 aromatic heterocycles. The van der Waals surface area contributed by atoms with Crippen molar-refractivity contribution in [1.82, 2.24) is 9.38 Å². The highest BCUT2D eigenvalue weighted by Crippen LogP contribution is 2.15. The van der Waals surface area contributed by atoms with E-state index >= 15 is 0 Å². The van der Waals surface area contributed by atoms with Crippen LogP contribution in [0.3, 0.4) is 0 Å². The average Bonchev–Trinajstić information content (AvgIpc) is 2.65. The standard InChI is InChI=1S/C16H21N3O2/c1-12-7-6-10-19-13(14(16(20)21)17-15(12)19)11-18-8-4-2-3-5-9-18/h6-7,10H,2-5,8-9,11H2,1H3,(H,20,21). The monoisotopic (exact) mass is 287 g/mol. The lowest BCUT2D eigenvalue weighted by Gasteiger charge is -2.17. The number of rotatable bonds is 3. The number of pyridine rings is 1. The van der Waals surface area contributed by atoms with Crippen LogP contribution in [-0.4, -0.2) is 28.4 Å². The Morgan fingerprint density at radius 1 is 1.33 bits per heavy atom. The summed E-state index contributed by atoms with van der Waals surface area (Å²) in [6.07, 6.45) is 6.89.